The number of anilines is 1. The van der Waals surface area contributed by atoms with Crippen LogP contribution in [0.5, 0.6) is 5.75 Å². The summed E-state index contributed by atoms with van der Waals surface area (Å²) < 4.78 is 10.1. The first-order valence-corrected chi connectivity index (χ1v) is 6.29. The molecule has 0 radical (unpaired) electrons. The Balaban J connectivity index is 2.30. The van der Waals surface area contributed by atoms with Crippen molar-refractivity contribution in [1.29, 1.82) is 0 Å². The maximum Gasteiger partial charge on any atom is 0.238 e. The molecule has 1 atom stereocenters. The van der Waals surface area contributed by atoms with Crippen LogP contribution in [0.4, 0.5) is 5.69 Å². The second-order valence-electron chi connectivity index (χ2n) is 4.47. The van der Waals surface area contributed by atoms with E-state index in [1.807, 2.05) is 18.2 Å². The fraction of sp³-hybridized carbons (Fsp3) is 0.500. The van der Waals surface area contributed by atoms with Gasteiger partial charge in [-0.25, -0.2) is 0 Å². The summed E-state index contributed by atoms with van der Waals surface area (Å²) in [5.74, 6) is 1.03. The Kier molecular flexibility index (Phi) is 6.92. The monoisotopic (exact) mass is 266 g/mol. The summed E-state index contributed by atoms with van der Waals surface area (Å²) in [6, 6.07) is 7.28. The Hall–Kier alpha value is -1.59. The van der Waals surface area contributed by atoms with Crippen LogP contribution >= 0.6 is 0 Å². The van der Waals surface area contributed by atoms with Crippen molar-refractivity contribution in [3.05, 3.63) is 24.3 Å². The molecule has 0 fully saturated rings. The van der Waals surface area contributed by atoms with Crippen LogP contribution in [0.15, 0.2) is 24.3 Å². The summed E-state index contributed by atoms with van der Waals surface area (Å²) in [6.07, 6.45) is 0. The molecule has 1 rings (SSSR count). The molecule has 5 nitrogen and oxygen atoms in total. The lowest BCUT2D eigenvalue weighted by atomic mass is 10.2. The molecule has 1 aromatic carbocycles. The predicted octanol–water partition coefficient (Wildman–Crippen LogP) is 1.51. The van der Waals surface area contributed by atoms with E-state index in [9.17, 15) is 4.79 Å². The molecule has 0 aliphatic heterocycles. The van der Waals surface area contributed by atoms with Gasteiger partial charge < -0.3 is 20.1 Å². The maximum absolute atomic E-state index is 11.7. The SMILES string of the molecule is COCC(C)CNCC(=O)Nc1cccc(OC)c1. The first-order chi connectivity index (χ1) is 9.15. The zero-order chi connectivity index (χ0) is 14.1. The van der Waals surface area contributed by atoms with E-state index in [2.05, 4.69) is 17.6 Å². The molecule has 0 heterocycles. The van der Waals surface area contributed by atoms with Crippen LogP contribution in [0.1, 0.15) is 6.92 Å². The number of methoxy groups -OCH3 is 2. The fourth-order valence-corrected chi connectivity index (χ4v) is 1.68. The Labute approximate surface area is 114 Å². The highest BCUT2D eigenvalue weighted by molar-refractivity contribution is 5.92. The molecular formula is C14H22N2O3. The Bertz CT molecular complexity index is 396. The van der Waals surface area contributed by atoms with Gasteiger partial charge in [0.05, 0.1) is 13.7 Å². The molecule has 2 N–H and O–H groups in total. The van der Waals surface area contributed by atoms with Gasteiger partial charge in [0.25, 0.3) is 0 Å². The van der Waals surface area contributed by atoms with E-state index in [1.165, 1.54) is 0 Å². The topological polar surface area (TPSA) is 59.6 Å². The number of hydrogen-bond acceptors (Lipinski definition) is 4. The van der Waals surface area contributed by atoms with Crippen molar-refractivity contribution in [3.8, 4) is 5.75 Å². The highest BCUT2D eigenvalue weighted by Crippen LogP contribution is 2.16. The van der Waals surface area contributed by atoms with Crippen molar-refractivity contribution in [2.75, 3.05) is 39.2 Å². The second kappa shape index (κ2) is 8.50. The maximum atomic E-state index is 11.7. The van der Waals surface area contributed by atoms with Gasteiger partial charge in [0.1, 0.15) is 5.75 Å². The van der Waals surface area contributed by atoms with Gasteiger partial charge in [-0.3, -0.25) is 4.79 Å². The van der Waals surface area contributed by atoms with E-state index < -0.39 is 0 Å². The van der Waals surface area contributed by atoms with Gasteiger partial charge in [-0.1, -0.05) is 13.0 Å². The Morgan fingerprint density at radius 2 is 2.16 bits per heavy atom. The summed E-state index contributed by atoms with van der Waals surface area (Å²) in [7, 11) is 3.27. The molecule has 0 aromatic heterocycles. The minimum absolute atomic E-state index is 0.0714. The molecule has 5 heteroatoms. The van der Waals surface area contributed by atoms with Crippen LogP contribution in [0.25, 0.3) is 0 Å². The number of hydrogen-bond donors (Lipinski definition) is 2. The lowest BCUT2D eigenvalue weighted by Crippen LogP contribution is -2.32. The van der Waals surface area contributed by atoms with Crippen LogP contribution in [0.2, 0.25) is 0 Å². The van der Waals surface area contributed by atoms with E-state index in [0.29, 0.717) is 12.5 Å². The van der Waals surface area contributed by atoms with Crippen molar-refractivity contribution in [2.45, 2.75) is 6.92 Å². The van der Waals surface area contributed by atoms with E-state index in [0.717, 1.165) is 18.0 Å². The van der Waals surface area contributed by atoms with Crippen LogP contribution in [0, 0.1) is 5.92 Å². The third kappa shape index (κ3) is 6.22. The van der Waals surface area contributed by atoms with E-state index in [4.69, 9.17) is 9.47 Å². The van der Waals surface area contributed by atoms with Crippen molar-refractivity contribution in [2.24, 2.45) is 5.92 Å². The molecule has 0 bridgehead atoms. The second-order valence-corrected chi connectivity index (χ2v) is 4.47. The van der Waals surface area contributed by atoms with E-state index >= 15 is 0 Å². The minimum Gasteiger partial charge on any atom is -0.497 e. The lowest BCUT2D eigenvalue weighted by Gasteiger charge is -2.11. The molecule has 106 valence electrons. The summed E-state index contributed by atoms with van der Waals surface area (Å²) in [4.78, 5) is 11.7. The zero-order valence-electron chi connectivity index (χ0n) is 11.7. The highest BCUT2D eigenvalue weighted by atomic mass is 16.5. The van der Waals surface area contributed by atoms with Crippen LogP contribution in [0.3, 0.4) is 0 Å². The predicted molar refractivity (Wildman–Crippen MR) is 75.5 cm³/mol. The van der Waals surface area contributed by atoms with Gasteiger partial charge in [-0.2, -0.15) is 0 Å². The van der Waals surface area contributed by atoms with Gasteiger partial charge in [-0.05, 0) is 18.1 Å². The van der Waals surface area contributed by atoms with E-state index in [-0.39, 0.29) is 12.5 Å². The van der Waals surface area contributed by atoms with Crippen molar-refractivity contribution < 1.29 is 14.3 Å². The molecule has 19 heavy (non-hydrogen) atoms. The smallest absolute Gasteiger partial charge is 0.238 e. The number of nitrogens with one attached hydrogen (secondary N) is 2. The van der Waals surface area contributed by atoms with Crippen molar-refractivity contribution in [3.63, 3.8) is 0 Å². The molecule has 0 aliphatic carbocycles. The summed E-state index contributed by atoms with van der Waals surface area (Å²) in [6.45, 7) is 3.78. The molecule has 1 amide bonds. The van der Waals surface area contributed by atoms with E-state index in [1.54, 1.807) is 20.3 Å². The molecule has 0 spiro atoms. The molecule has 0 aliphatic rings. The number of carbonyl (C=O) groups excluding carboxylic acids is 1. The summed E-state index contributed by atoms with van der Waals surface area (Å²) in [5.41, 5.74) is 0.732. The summed E-state index contributed by atoms with van der Waals surface area (Å²) >= 11 is 0. The standard InChI is InChI=1S/C14H22N2O3/c1-11(10-18-2)8-15-9-14(17)16-12-5-4-6-13(7-12)19-3/h4-7,11,15H,8-10H2,1-3H3,(H,16,17). The van der Waals surface area contributed by atoms with Gasteiger partial charge in [0.15, 0.2) is 0 Å². The molecular weight excluding hydrogens is 244 g/mol. The quantitative estimate of drug-likeness (QED) is 0.748. The third-order valence-corrected chi connectivity index (χ3v) is 2.58. The minimum atomic E-state index is -0.0714. The average Bonchev–Trinajstić information content (AvgIpc) is 2.39. The number of amides is 1. The van der Waals surface area contributed by atoms with Crippen LogP contribution in [-0.4, -0.2) is 39.8 Å². The zero-order valence-corrected chi connectivity index (χ0v) is 11.7. The van der Waals surface area contributed by atoms with Crippen LogP contribution < -0.4 is 15.4 Å². The van der Waals surface area contributed by atoms with Gasteiger partial charge >= 0.3 is 0 Å². The highest BCUT2D eigenvalue weighted by Gasteiger charge is 2.05. The number of benzene rings is 1. The largest absolute Gasteiger partial charge is 0.497 e. The van der Waals surface area contributed by atoms with Gasteiger partial charge in [-0.15, -0.1) is 0 Å². The first kappa shape index (κ1) is 15.5. The van der Waals surface area contributed by atoms with Gasteiger partial charge in [0, 0.05) is 32.0 Å². The molecule has 0 saturated carbocycles. The van der Waals surface area contributed by atoms with Crippen molar-refractivity contribution >= 4 is 11.6 Å². The Morgan fingerprint density at radius 1 is 1.37 bits per heavy atom. The number of carbonyl (C=O) groups is 1. The third-order valence-electron chi connectivity index (χ3n) is 2.58. The summed E-state index contributed by atoms with van der Waals surface area (Å²) in [5, 5.41) is 5.90. The molecule has 1 aromatic rings. The van der Waals surface area contributed by atoms with Gasteiger partial charge in [0.2, 0.25) is 5.91 Å². The van der Waals surface area contributed by atoms with Crippen LogP contribution in [-0.2, 0) is 9.53 Å². The first-order valence-electron chi connectivity index (χ1n) is 6.29. The fourth-order valence-electron chi connectivity index (χ4n) is 1.68. The molecule has 0 saturated heterocycles. The number of rotatable bonds is 8. The lowest BCUT2D eigenvalue weighted by molar-refractivity contribution is -0.115. The average molecular weight is 266 g/mol. The molecule has 1 unspecified atom stereocenters. The number of ether oxygens (including phenoxy) is 2. The normalized spacial score (nSPS) is 11.9. The van der Waals surface area contributed by atoms with Crippen molar-refractivity contribution in [1.82, 2.24) is 5.32 Å². The Morgan fingerprint density at radius 3 is 2.84 bits per heavy atom.